The van der Waals surface area contributed by atoms with Crippen LogP contribution in [0.4, 0.5) is 0 Å². The molecule has 3 N–H and O–H groups in total. The van der Waals surface area contributed by atoms with Crippen LogP contribution in [0.3, 0.4) is 0 Å². The number of hydrogen-bond acceptors (Lipinski definition) is 5. The molecule has 0 aliphatic carbocycles. The normalized spacial score (nSPS) is 13.1. The van der Waals surface area contributed by atoms with Crippen molar-refractivity contribution in [2.75, 3.05) is 0 Å². The monoisotopic (exact) mass is 594 g/mol. The second kappa shape index (κ2) is 14.0. The van der Waals surface area contributed by atoms with Crippen LogP contribution in [0.5, 0.6) is 11.5 Å². The first-order chi connectivity index (χ1) is 16.8. The summed E-state index contributed by atoms with van der Waals surface area (Å²) >= 11 is 0. The summed E-state index contributed by atoms with van der Waals surface area (Å²) in [6.45, 7) is 22.2. The van der Waals surface area contributed by atoms with E-state index in [0.29, 0.717) is 11.5 Å². The number of rotatable bonds is 8. The van der Waals surface area contributed by atoms with E-state index < -0.39 is 15.6 Å². The summed E-state index contributed by atoms with van der Waals surface area (Å²) in [7, 11) is -9.20. The van der Waals surface area contributed by atoms with Gasteiger partial charge in [0.25, 0.3) is 7.82 Å². The van der Waals surface area contributed by atoms with Crippen molar-refractivity contribution >= 4 is 15.6 Å². The van der Waals surface area contributed by atoms with E-state index in [9.17, 15) is 9.46 Å². The molecular weight excluding hydrogens is 549 g/mol. The van der Waals surface area contributed by atoms with Crippen molar-refractivity contribution < 1.29 is 67.3 Å². The summed E-state index contributed by atoms with van der Waals surface area (Å²) in [4.78, 5) is 33.2. The average molecular weight is 595 g/mol. The van der Waals surface area contributed by atoms with E-state index in [4.69, 9.17) is 28.3 Å². The van der Waals surface area contributed by atoms with Crippen molar-refractivity contribution in [1.82, 2.24) is 0 Å². The summed E-state index contributed by atoms with van der Waals surface area (Å²) in [6, 6.07) is 14.7. The van der Waals surface area contributed by atoms with Crippen LogP contribution in [0.2, 0.25) is 0 Å². The first kappa shape index (κ1) is 38.3. The van der Waals surface area contributed by atoms with E-state index in [1.54, 1.807) is 24.3 Å². The standard InChI is InChI=1S/C28H43O4P.Na.H3O4P/c1-25(2,3)19-27(7,8)21-11-15-23(16-12-21)31-33(29,30)32-24-17-13-22(14-18-24)28(9,10)20-26(4,5)6;;1-5(2,3)4/h11-18H,19-20H2,1-10H3,(H,29,30);;(H3,1,2,3,4)/q;+1;/p-1. The third kappa shape index (κ3) is 16.4. The van der Waals surface area contributed by atoms with Gasteiger partial charge in [-0.25, -0.2) is 4.57 Å². The van der Waals surface area contributed by atoms with Gasteiger partial charge in [0, 0.05) is 0 Å². The van der Waals surface area contributed by atoms with E-state index >= 15 is 0 Å². The molecular formula is C28H45NaO8P2. The fraction of sp³-hybridized carbons (Fsp3) is 0.571. The zero-order valence-electron chi connectivity index (χ0n) is 25.3. The Kier molecular flexibility index (Phi) is 13.8. The van der Waals surface area contributed by atoms with Gasteiger partial charge in [0.2, 0.25) is 0 Å². The van der Waals surface area contributed by atoms with Crippen molar-refractivity contribution in [2.24, 2.45) is 10.8 Å². The zero-order chi connectivity index (χ0) is 29.8. The second-order valence-electron chi connectivity index (χ2n) is 13.4. The molecule has 2 rings (SSSR count). The van der Waals surface area contributed by atoms with Gasteiger partial charge in [0.15, 0.2) is 0 Å². The SMILES string of the molecule is CC(C)(C)CC(C)(C)c1ccc(OP(=O)(O)Oc2ccc(C(C)(C)CC(C)(C)C)cc2)cc1.O=P([O-])(O)O.[Na+]. The van der Waals surface area contributed by atoms with Crippen LogP contribution in [0, 0.1) is 10.8 Å². The van der Waals surface area contributed by atoms with E-state index in [1.807, 2.05) is 24.3 Å². The molecule has 0 aliphatic rings. The molecule has 0 amide bonds. The molecule has 2 aromatic rings. The van der Waals surface area contributed by atoms with Gasteiger partial charge in [-0.05, 0) is 69.9 Å². The van der Waals surface area contributed by atoms with Crippen LogP contribution in [-0.4, -0.2) is 14.7 Å². The topological polar surface area (TPSA) is 136 Å². The summed E-state index contributed by atoms with van der Waals surface area (Å²) in [5, 5.41) is 0. The molecule has 39 heavy (non-hydrogen) atoms. The number of phosphoric ester groups is 1. The fourth-order valence-corrected chi connectivity index (χ4v) is 5.89. The van der Waals surface area contributed by atoms with E-state index in [0.717, 1.165) is 24.0 Å². The molecule has 8 nitrogen and oxygen atoms in total. The van der Waals surface area contributed by atoms with Crippen LogP contribution in [0.1, 0.15) is 93.2 Å². The van der Waals surface area contributed by atoms with Crippen LogP contribution in [0.25, 0.3) is 0 Å². The number of benzene rings is 2. The van der Waals surface area contributed by atoms with Crippen molar-refractivity contribution in [1.29, 1.82) is 0 Å². The van der Waals surface area contributed by atoms with Gasteiger partial charge >= 0.3 is 37.4 Å². The molecule has 0 unspecified atom stereocenters. The maximum Gasteiger partial charge on any atom is 1.00 e. The minimum Gasteiger partial charge on any atom is -0.756 e. The van der Waals surface area contributed by atoms with Crippen molar-refractivity contribution in [3.63, 3.8) is 0 Å². The Labute approximate surface area is 256 Å². The molecule has 0 saturated carbocycles. The zero-order valence-corrected chi connectivity index (χ0v) is 29.1. The van der Waals surface area contributed by atoms with Gasteiger partial charge in [0.05, 0.1) is 0 Å². The Morgan fingerprint density at radius 1 is 0.615 bits per heavy atom. The largest absolute Gasteiger partial charge is 1.00 e. The molecule has 0 atom stereocenters. The number of phosphoric acid groups is 2. The summed E-state index contributed by atoms with van der Waals surface area (Å²) in [6.07, 6.45) is 2.04. The molecule has 0 aliphatic heterocycles. The van der Waals surface area contributed by atoms with E-state index in [1.165, 1.54) is 0 Å². The van der Waals surface area contributed by atoms with E-state index in [-0.39, 0.29) is 51.2 Å². The van der Waals surface area contributed by atoms with Gasteiger partial charge in [-0.15, -0.1) is 0 Å². The second-order valence-corrected chi connectivity index (χ2v) is 15.7. The summed E-state index contributed by atoms with van der Waals surface area (Å²) < 4.78 is 32.0. The predicted molar refractivity (Wildman–Crippen MR) is 150 cm³/mol. The number of hydrogen-bond donors (Lipinski definition) is 3. The Hall–Kier alpha value is -0.660. The van der Waals surface area contributed by atoms with Crippen molar-refractivity contribution in [3.05, 3.63) is 59.7 Å². The molecule has 2 aromatic carbocycles. The average Bonchev–Trinajstić information content (AvgIpc) is 2.63. The van der Waals surface area contributed by atoms with Gasteiger partial charge in [-0.2, -0.15) is 0 Å². The molecule has 0 saturated heterocycles. The Morgan fingerprint density at radius 2 is 0.846 bits per heavy atom. The van der Waals surface area contributed by atoms with Crippen molar-refractivity contribution in [2.45, 2.75) is 92.9 Å². The molecule has 0 heterocycles. The molecule has 11 heteroatoms. The third-order valence-corrected chi connectivity index (χ3v) is 6.54. The maximum absolute atomic E-state index is 12.6. The van der Waals surface area contributed by atoms with Crippen molar-refractivity contribution in [3.8, 4) is 11.5 Å². The molecule has 0 spiro atoms. The Bertz CT molecular complexity index is 1040. The molecule has 0 fully saturated rings. The van der Waals surface area contributed by atoms with Gasteiger partial charge in [0.1, 0.15) is 11.5 Å². The van der Waals surface area contributed by atoms with Crippen LogP contribution >= 0.6 is 15.6 Å². The molecule has 0 aromatic heterocycles. The predicted octanol–water partition coefficient (Wildman–Crippen LogP) is 4.12. The fourth-order valence-electron chi connectivity index (χ4n) is 5.07. The quantitative estimate of drug-likeness (QED) is 0.307. The smallest absolute Gasteiger partial charge is 0.756 e. The van der Waals surface area contributed by atoms with Gasteiger partial charge < -0.3 is 23.7 Å². The Balaban J connectivity index is 0.00000220. The van der Waals surface area contributed by atoms with Crippen LogP contribution in [-0.2, 0) is 20.0 Å². The maximum atomic E-state index is 12.6. The minimum absolute atomic E-state index is 0. The summed E-state index contributed by atoms with van der Waals surface area (Å²) in [5.74, 6) is 0.609. The molecule has 216 valence electrons. The van der Waals surface area contributed by atoms with Gasteiger partial charge in [-0.3, -0.25) is 9.46 Å². The van der Waals surface area contributed by atoms with Gasteiger partial charge in [-0.1, -0.05) is 93.5 Å². The Morgan fingerprint density at radius 3 is 1.05 bits per heavy atom. The van der Waals surface area contributed by atoms with Crippen LogP contribution < -0.4 is 43.5 Å². The summed E-state index contributed by atoms with van der Waals surface area (Å²) in [5.41, 5.74) is 2.69. The van der Waals surface area contributed by atoms with E-state index in [2.05, 4.69) is 69.2 Å². The molecule has 0 bridgehead atoms. The van der Waals surface area contributed by atoms with Crippen LogP contribution in [0.15, 0.2) is 48.5 Å². The first-order valence-corrected chi connectivity index (χ1v) is 15.5. The minimum atomic E-state index is -4.89. The molecule has 0 radical (unpaired) electrons. The first-order valence-electron chi connectivity index (χ1n) is 12.5. The third-order valence-electron chi connectivity index (χ3n) is 5.66.